The fourth-order valence-corrected chi connectivity index (χ4v) is 2.94. The number of aryl methyl sites for hydroxylation is 1. The van der Waals surface area contributed by atoms with Crippen LogP contribution in [-0.4, -0.2) is 50.7 Å². The Morgan fingerprint density at radius 2 is 1.97 bits per heavy atom. The first-order chi connectivity index (χ1) is 14.8. The maximum atomic E-state index is 12.2. The zero-order valence-corrected chi connectivity index (χ0v) is 18.3. The van der Waals surface area contributed by atoms with Crippen molar-refractivity contribution in [2.24, 2.45) is 17.6 Å². The number of nitrogens with two attached hydrogens (primary N) is 2. The largest absolute Gasteiger partial charge is 0.465 e. The highest BCUT2D eigenvalue weighted by Gasteiger charge is 2.23. The summed E-state index contributed by atoms with van der Waals surface area (Å²) in [6, 6.07) is -0.704. The third-order valence-corrected chi connectivity index (χ3v) is 5.20. The molecule has 1 unspecified atom stereocenters. The highest BCUT2D eigenvalue weighted by molar-refractivity contribution is 5.75. The van der Waals surface area contributed by atoms with Gasteiger partial charge in [-0.25, -0.2) is 4.98 Å². The topological polar surface area (TPSA) is 168 Å². The van der Waals surface area contributed by atoms with E-state index in [0.717, 1.165) is 6.42 Å². The monoisotopic (exact) mass is 436 g/mol. The molecule has 3 atom stereocenters. The Hall–Kier alpha value is -2.95. The van der Waals surface area contributed by atoms with Gasteiger partial charge in [0.05, 0.1) is 19.5 Å². The van der Waals surface area contributed by atoms with Crippen molar-refractivity contribution < 1.29 is 19.1 Å². The number of esters is 2. The maximum Gasteiger partial charge on any atom is 0.323 e. The number of aromatic amines is 1. The molecule has 2 aromatic heterocycles. The summed E-state index contributed by atoms with van der Waals surface area (Å²) < 4.78 is 12.4. The van der Waals surface area contributed by atoms with E-state index in [0.29, 0.717) is 31.5 Å². The minimum atomic E-state index is -0.704. The third-order valence-electron chi connectivity index (χ3n) is 5.20. The molecule has 0 aliphatic heterocycles. The van der Waals surface area contributed by atoms with Gasteiger partial charge in [0.1, 0.15) is 6.04 Å². The SMILES string of the molecule is CCCC(=O)OCC(CCn1cnc2c(=O)[nH]c(N)nc21)COC(=O)[C@@H](N)[C@@H](C)CC. The van der Waals surface area contributed by atoms with Crippen LogP contribution in [0, 0.1) is 11.8 Å². The van der Waals surface area contributed by atoms with Crippen molar-refractivity contribution in [3.8, 4) is 0 Å². The average Bonchev–Trinajstić information content (AvgIpc) is 3.15. The molecule has 11 heteroatoms. The van der Waals surface area contributed by atoms with Crippen LogP contribution in [0.5, 0.6) is 0 Å². The fraction of sp³-hybridized carbons (Fsp3) is 0.650. The van der Waals surface area contributed by atoms with Crippen LogP contribution < -0.4 is 17.0 Å². The molecule has 0 aromatic carbocycles. The van der Waals surface area contributed by atoms with Crippen LogP contribution in [0.4, 0.5) is 5.95 Å². The quantitative estimate of drug-likeness (QED) is 0.410. The Bertz CT molecular complexity index is 940. The second-order valence-electron chi connectivity index (χ2n) is 7.69. The summed E-state index contributed by atoms with van der Waals surface area (Å²) >= 11 is 0. The number of hydrogen-bond donors (Lipinski definition) is 3. The van der Waals surface area contributed by atoms with E-state index in [2.05, 4.69) is 15.0 Å². The Morgan fingerprint density at radius 3 is 2.65 bits per heavy atom. The summed E-state index contributed by atoms with van der Waals surface area (Å²) in [7, 11) is 0. The number of ether oxygens (including phenoxy) is 2. The maximum absolute atomic E-state index is 12.2. The van der Waals surface area contributed by atoms with Crippen LogP contribution in [0.3, 0.4) is 0 Å². The standard InChI is InChI=1S/C20H32N6O5/c1-4-6-14(27)30-9-13(10-31-19(29)15(21)12(3)5-2)7-8-26-11-23-16-17(26)24-20(22)25-18(16)28/h11-13,15H,4-10,21H2,1-3H3,(H3,22,24,25,28)/t12-,13?,15-/m0/s1. The van der Waals surface area contributed by atoms with Crippen LogP contribution in [0.25, 0.3) is 11.2 Å². The molecule has 2 heterocycles. The van der Waals surface area contributed by atoms with E-state index in [1.807, 2.05) is 20.8 Å². The number of rotatable bonds is 12. The van der Waals surface area contributed by atoms with Crippen LogP contribution >= 0.6 is 0 Å². The first kappa shape index (κ1) is 24.3. The molecule has 5 N–H and O–H groups in total. The zero-order valence-electron chi connectivity index (χ0n) is 18.3. The van der Waals surface area contributed by atoms with Crippen molar-refractivity contribution >= 4 is 29.1 Å². The van der Waals surface area contributed by atoms with Crippen LogP contribution in [-0.2, 0) is 25.6 Å². The molecular weight excluding hydrogens is 404 g/mol. The summed E-state index contributed by atoms with van der Waals surface area (Å²) in [6.07, 6.45) is 3.76. The molecule has 0 aliphatic rings. The number of fused-ring (bicyclic) bond motifs is 1. The Morgan fingerprint density at radius 1 is 1.26 bits per heavy atom. The minimum Gasteiger partial charge on any atom is -0.465 e. The number of anilines is 1. The Labute approximate surface area is 180 Å². The van der Waals surface area contributed by atoms with Crippen molar-refractivity contribution in [1.82, 2.24) is 19.5 Å². The number of aromatic nitrogens is 4. The van der Waals surface area contributed by atoms with Crippen molar-refractivity contribution in [2.75, 3.05) is 18.9 Å². The van der Waals surface area contributed by atoms with Gasteiger partial charge < -0.3 is 25.5 Å². The molecule has 2 aromatic rings. The average molecular weight is 437 g/mol. The summed E-state index contributed by atoms with van der Waals surface area (Å²) in [4.78, 5) is 46.6. The smallest absolute Gasteiger partial charge is 0.323 e. The van der Waals surface area contributed by atoms with E-state index in [9.17, 15) is 14.4 Å². The number of H-pyrrole nitrogens is 1. The molecule has 2 rings (SSSR count). The number of hydrogen-bond acceptors (Lipinski definition) is 9. The lowest BCUT2D eigenvalue weighted by Gasteiger charge is -2.21. The number of imidazole rings is 1. The number of carbonyl (C=O) groups excluding carboxylic acids is 2. The molecule has 0 saturated heterocycles. The fourth-order valence-electron chi connectivity index (χ4n) is 2.94. The summed E-state index contributed by atoms with van der Waals surface area (Å²) in [5.74, 6) is -1.04. The Balaban J connectivity index is 2.05. The summed E-state index contributed by atoms with van der Waals surface area (Å²) in [5, 5.41) is 0. The van der Waals surface area contributed by atoms with E-state index in [1.165, 1.54) is 6.33 Å². The molecule has 172 valence electrons. The molecule has 11 nitrogen and oxygen atoms in total. The second-order valence-corrected chi connectivity index (χ2v) is 7.69. The lowest BCUT2D eigenvalue weighted by Crippen LogP contribution is -2.39. The van der Waals surface area contributed by atoms with Crippen molar-refractivity contribution in [1.29, 1.82) is 0 Å². The van der Waals surface area contributed by atoms with Crippen molar-refractivity contribution in [3.63, 3.8) is 0 Å². The van der Waals surface area contributed by atoms with Gasteiger partial charge in [0.2, 0.25) is 5.95 Å². The number of nitrogen functional groups attached to an aromatic ring is 1. The van der Waals surface area contributed by atoms with E-state index < -0.39 is 17.6 Å². The first-order valence-electron chi connectivity index (χ1n) is 10.5. The number of carbonyl (C=O) groups is 2. The van der Waals surface area contributed by atoms with Crippen molar-refractivity contribution in [2.45, 2.75) is 59.0 Å². The highest BCUT2D eigenvalue weighted by Crippen LogP contribution is 2.14. The van der Waals surface area contributed by atoms with E-state index in [-0.39, 0.29) is 42.5 Å². The molecule has 0 radical (unpaired) electrons. The van der Waals surface area contributed by atoms with Gasteiger partial charge >= 0.3 is 11.9 Å². The molecule has 31 heavy (non-hydrogen) atoms. The molecule has 0 saturated carbocycles. The van der Waals surface area contributed by atoms with Gasteiger partial charge in [0.25, 0.3) is 5.56 Å². The van der Waals surface area contributed by atoms with Gasteiger partial charge in [-0.3, -0.25) is 19.4 Å². The number of nitrogens with one attached hydrogen (secondary N) is 1. The minimum absolute atomic E-state index is 0.000250. The summed E-state index contributed by atoms with van der Waals surface area (Å²) in [6.45, 7) is 6.31. The molecule has 0 aliphatic carbocycles. The van der Waals surface area contributed by atoms with E-state index in [1.54, 1.807) is 4.57 Å². The lowest BCUT2D eigenvalue weighted by atomic mass is 10.0. The summed E-state index contributed by atoms with van der Waals surface area (Å²) in [5.41, 5.74) is 11.7. The molecular formula is C20H32N6O5. The number of nitrogens with zero attached hydrogens (tertiary/aromatic N) is 3. The predicted octanol–water partition coefficient (Wildman–Crippen LogP) is 0.968. The van der Waals surface area contributed by atoms with Gasteiger partial charge in [-0.1, -0.05) is 27.2 Å². The van der Waals surface area contributed by atoms with Gasteiger partial charge in [0.15, 0.2) is 11.2 Å². The zero-order chi connectivity index (χ0) is 23.0. The predicted molar refractivity (Wildman–Crippen MR) is 115 cm³/mol. The molecule has 0 bridgehead atoms. The molecule has 0 spiro atoms. The van der Waals surface area contributed by atoms with E-state index in [4.69, 9.17) is 20.9 Å². The molecule has 0 fully saturated rings. The van der Waals surface area contributed by atoms with Gasteiger partial charge in [-0.05, 0) is 18.8 Å². The van der Waals surface area contributed by atoms with Gasteiger partial charge in [-0.2, -0.15) is 4.98 Å². The van der Waals surface area contributed by atoms with Crippen LogP contribution in [0.2, 0.25) is 0 Å². The lowest BCUT2D eigenvalue weighted by molar-refractivity contribution is -0.151. The third kappa shape index (κ3) is 6.78. The van der Waals surface area contributed by atoms with Crippen LogP contribution in [0.1, 0.15) is 46.5 Å². The van der Waals surface area contributed by atoms with Gasteiger partial charge in [-0.15, -0.1) is 0 Å². The molecule has 0 amide bonds. The van der Waals surface area contributed by atoms with Crippen LogP contribution in [0.15, 0.2) is 11.1 Å². The van der Waals surface area contributed by atoms with Gasteiger partial charge in [0, 0.05) is 18.9 Å². The van der Waals surface area contributed by atoms with E-state index >= 15 is 0 Å². The Kier molecular flexibility index (Phi) is 8.98. The highest BCUT2D eigenvalue weighted by atomic mass is 16.5. The normalized spacial score (nSPS) is 14.2. The second kappa shape index (κ2) is 11.4. The van der Waals surface area contributed by atoms with Crippen molar-refractivity contribution in [3.05, 3.63) is 16.7 Å². The first-order valence-corrected chi connectivity index (χ1v) is 10.5.